The fourth-order valence-corrected chi connectivity index (χ4v) is 3.95. The summed E-state index contributed by atoms with van der Waals surface area (Å²) in [5.74, 6) is 0.867. The number of hydrogen-bond donors (Lipinski definition) is 2. The number of nitrogens with zero attached hydrogens (tertiary/aromatic N) is 3. The Bertz CT molecular complexity index is 814. The van der Waals surface area contributed by atoms with Crippen molar-refractivity contribution < 1.29 is 0 Å². The zero-order valence-electron chi connectivity index (χ0n) is 18.0. The summed E-state index contributed by atoms with van der Waals surface area (Å²) in [4.78, 5) is 4.43. The van der Waals surface area contributed by atoms with Crippen molar-refractivity contribution in [2.24, 2.45) is 4.99 Å². The summed E-state index contributed by atoms with van der Waals surface area (Å²) in [6, 6.07) is 5.28. The van der Waals surface area contributed by atoms with E-state index < -0.39 is 0 Å². The number of aliphatic imine (C=N–C) groups is 1. The Kier molecular flexibility index (Phi) is 7.92. The van der Waals surface area contributed by atoms with E-state index in [0.717, 1.165) is 31.8 Å². The molecule has 3 rings (SSSR count). The number of aryl methyl sites for hydroxylation is 4. The van der Waals surface area contributed by atoms with Gasteiger partial charge in [-0.15, -0.1) is 24.0 Å². The molecule has 1 aromatic carbocycles. The van der Waals surface area contributed by atoms with E-state index in [4.69, 9.17) is 5.10 Å². The van der Waals surface area contributed by atoms with E-state index in [1.165, 1.54) is 33.5 Å². The van der Waals surface area contributed by atoms with Gasteiger partial charge in [0.15, 0.2) is 5.96 Å². The van der Waals surface area contributed by atoms with Crippen LogP contribution >= 0.6 is 24.0 Å². The van der Waals surface area contributed by atoms with Crippen LogP contribution in [0.25, 0.3) is 0 Å². The normalized spacial score (nSPS) is 16.5. The topological polar surface area (TPSA) is 54.2 Å². The van der Waals surface area contributed by atoms with Crippen LogP contribution in [0, 0.1) is 20.8 Å². The van der Waals surface area contributed by atoms with Crippen LogP contribution in [0.1, 0.15) is 59.8 Å². The number of rotatable bonds is 4. The molecule has 0 spiro atoms. The number of hydrogen-bond acceptors (Lipinski definition) is 2. The smallest absolute Gasteiger partial charge is 0.191 e. The van der Waals surface area contributed by atoms with Gasteiger partial charge in [0.2, 0.25) is 0 Å². The van der Waals surface area contributed by atoms with Crippen molar-refractivity contribution in [1.29, 1.82) is 0 Å². The van der Waals surface area contributed by atoms with Crippen LogP contribution < -0.4 is 10.6 Å². The molecule has 1 aromatic heterocycles. The Hall–Kier alpha value is -1.57. The third-order valence-electron chi connectivity index (χ3n) is 5.46. The van der Waals surface area contributed by atoms with Crippen LogP contribution in [0.5, 0.6) is 0 Å². The number of halogens is 1. The van der Waals surface area contributed by atoms with Crippen molar-refractivity contribution in [3.8, 4) is 0 Å². The van der Waals surface area contributed by atoms with Gasteiger partial charge in [-0.05, 0) is 69.7 Å². The highest BCUT2D eigenvalue weighted by Gasteiger charge is 2.23. The third-order valence-corrected chi connectivity index (χ3v) is 5.46. The fourth-order valence-electron chi connectivity index (χ4n) is 3.95. The molecule has 0 saturated heterocycles. The lowest BCUT2D eigenvalue weighted by molar-refractivity contribution is 0.499. The average Bonchev–Trinajstić information content (AvgIpc) is 3.03. The van der Waals surface area contributed by atoms with Crippen molar-refractivity contribution in [2.45, 2.75) is 72.5 Å². The van der Waals surface area contributed by atoms with E-state index in [0.29, 0.717) is 12.1 Å². The van der Waals surface area contributed by atoms with Gasteiger partial charge in [-0.2, -0.15) is 5.10 Å². The summed E-state index contributed by atoms with van der Waals surface area (Å²) >= 11 is 0. The summed E-state index contributed by atoms with van der Waals surface area (Å²) in [7, 11) is 1.84. The Labute approximate surface area is 186 Å². The largest absolute Gasteiger partial charge is 0.353 e. The van der Waals surface area contributed by atoms with Gasteiger partial charge in [0.1, 0.15) is 0 Å². The standard InChI is InChI=1S/C22H33N5.HI/c1-14(2)27-13-18-7-8-19(11-21(18)26-27)25-22(23-6)24-12-20-16(4)9-15(3)10-17(20)5;/h9-10,13-14,19H,7-8,11-12H2,1-6H3,(H2,23,24,25);1H. The van der Waals surface area contributed by atoms with Crippen molar-refractivity contribution >= 4 is 29.9 Å². The van der Waals surface area contributed by atoms with Gasteiger partial charge in [-0.25, -0.2) is 0 Å². The van der Waals surface area contributed by atoms with Gasteiger partial charge in [0, 0.05) is 38.3 Å². The Morgan fingerprint density at radius 3 is 2.54 bits per heavy atom. The number of fused-ring (bicyclic) bond motifs is 1. The number of nitrogens with one attached hydrogen (secondary N) is 2. The lowest BCUT2D eigenvalue weighted by atomic mass is 9.94. The predicted molar refractivity (Wildman–Crippen MR) is 128 cm³/mol. The SMILES string of the molecule is CN=C(NCc1c(C)cc(C)cc1C)NC1CCc2cn(C(C)C)nc2C1.I. The number of aromatic nitrogens is 2. The second-order valence-electron chi connectivity index (χ2n) is 8.06. The minimum absolute atomic E-state index is 0. The molecule has 0 fully saturated rings. The first kappa shape index (κ1) is 22.7. The number of benzene rings is 1. The van der Waals surface area contributed by atoms with Gasteiger partial charge in [0.25, 0.3) is 0 Å². The highest BCUT2D eigenvalue weighted by molar-refractivity contribution is 14.0. The summed E-state index contributed by atoms with van der Waals surface area (Å²) in [6.07, 6.45) is 5.36. The summed E-state index contributed by atoms with van der Waals surface area (Å²) < 4.78 is 2.09. The summed E-state index contributed by atoms with van der Waals surface area (Å²) in [5, 5.41) is 11.9. The van der Waals surface area contributed by atoms with Gasteiger partial charge in [0.05, 0.1) is 5.69 Å². The minimum Gasteiger partial charge on any atom is -0.353 e. The van der Waals surface area contributed by atoms with E-state index in [-0.39, 0.29) is 24.0 Å². The summed E-state index contributed by atoms with van der Waals surface area (Å²) in [5.41, 5.74) is 7.96. The van der Waals surface area contributed by atoms with Crippen LogP contribution in [0.3, 0.4) is 0 Å². The van der Waals surface area contributed by atoms with E-state index in [9.17, 15) is 0 Å². The average molecular weight is 495 g/mol. The zero-order chi connectivity index (χ0) is 19.6. The van der Waals surface area contributed by atoms with Gasteiger partial charge >= 0.3 is 0 Å². The van der Waals surface area contributed by atoms with E-state index in [1.54, 1.807) is 0 Å². The van der Waals surface area contributed by atoms with Crippen LogP contribution in [0.4, 0.5) is 0 Å². The van der Waals surface area contributed by atoms with Crippen molar-refractivity contribution in [3.63, 3.8) is 0 Å². The Balaban J connectivity index is 0.00000280. The summed E-state index contributed by atoms with van der Waals surface area (Å²) in [6.45, 7) is 11.7. The molecular weight excluding hydrogens is 461 g/mol. The van der Waals surface area contributed by atoms with Gasteiger partial charge < -0.3 is 10.6 Å². The molecular formula is C22H34IN5. The Morgan fingerprint density at radius 2 is 1.93 bits per heavy atom. The van der Waals surface area contributed by atoms with Crippen molar-refractivity contribution in [3.05, 3.63) is 51.8 Å². The maximum Gasteiger partial charge on any atom is 0.191 e. The first-order valence-corrected chi connectivity index (χ1v) is 9.98. The highest BCUT2D eigenvalue weighted by atomic mass is 127. The molecule has 0 aliphatic heterocycles. The zero-order valence-corrected chi connectivity index (χ0v) is 20.3. The van der Waals surface area contributed by atoms with E-state index >= 15 is 0 Å². The molecule has 6 heteroatoms. The predicted octanol–water partition coefficient (Wildman–Crippen LogP) is 4.23. The molecule has 1 heterocycles. The second kappa shape index (κ2) is 9.76. The molecule has 1 atom stereocenters. The second-order valence-corrected chi connectivity index (χ2v) is 8.06. The Morgan fingerprint density at radius 1 is 1.25 bits per heavy atom. The van der Waals surface area contributed by atoms with Crippen LogP contribution in [0.15, 0.2) is 23.3 Å². The van der Waals surface area contributed by atoms with E-state index in [2.05, 4.69) is 73.3 Å². The molecule has 154 valence electrons. The lowest BCUT2D eigenvalue weighted by Crippen LogP contribution is -2.45. The fraction of sp³-hybridized carbons (Fsp3) is 0.545. The minimum atomic E-state index is 0. The maximum absolute atomic E-state index is 4.78. The highest BCUT2D eigenvalue weighted by Crippen LogP contribution is 2.22. The van der Waals surface area contributed by atoms with Crippen molar-refractivity contribution in [2.75, 3.05) is 7.05 Å². The van der Waals surface area contributed by atoms with Crippen LogP contribution in [-0.4, -0.2) is 28.8 Å². The molecule has 2 N–H and O–H groups in total. The molecule has 1 aliphatic carbocycles. The van der Waals surface area contributed by atoms with Crippen LogP contribution in [-0.2, 0) is 19.4 Å². The molecule has 0 saturated carbocycles. The molecule has 5 nitrogen and oxygen atoms in total. The van der Waals surface area contributed by atoms with Crippen LogP contribution in [0.2, 0.25) is 0 Å². The molecule has 0 amide bonds. The van der Waals surface area contributed by atoms with Crippen molar-refractivity contribution in [1.82, 2.24) is 20.4 Å². The molecule has 0 bridgehead atoms. The third kappa shape index (κ3) is 5.27. The quantitative estimate of drug-likeness (QED) is 0.379. The molecule has 1 aliphatic rings. The van der Waals surface area contributed by atoms with Gasteiger partial charge in [-0.1, -0.05) is 17.7 Å². The maximum atomic E-state index is 4.78. The molecule has 28 heavy (non-hydrogen) atoms. The molecule has 1 unspecified atom stereocenters. The first-order chi connectivity index (χ1) is 12.9. The molecule has 0 radical (unpaired) electrons. The van der Waals surface area contributed by atoms with Gasteiger partial charge in [-0.3, -0.25) is 9.67 Å². The number of guanidine groups is 1. The van der Waals surface area contributed by atoms with E-state index in [1.807, 2.05) is 7.05 Å². The first-order valence-electron chi connectivity index (χ1n) is 9.98. The monoisotopic (exact) mass is 495 g/mol. The molecule has 2 aromatic rings. The lowest BCUT2D eigenvalue weighted by Gasteiger charge is -2.25.